The Morgan fingerprint density at radius 1 is 0.952 bits per heavy atom. The van der Waals surface area contributed by atoms with Crippen LogP contribution in [0.4, 0.5) is 0 Å². The summed E-state index contributed by atoms with van der Waals surface area (Å²) < 4.78 is 2.91. The molecule has 112 valence electrons. The molecular formula is C20H24I-. The Hall–Kier alpha value is -0.830. The summed E-state index contributed by atoms with van der Waals surface area (Å²) in [6, 6.07) is 22.6. The van der Waals surface area contributed by atoms with E-state index in [4.69, 9.17) is 0 Å². The van der Waals surface area contributed by atoms with Gasteiger partial charge in [-0.15, -0.1) is 0 Å². The molecule has 1 fully saturated rings. The van der Waals surface area contributed by atoms with Crippen LogP contribution in [-0.4, -0.2) is 8.86 Å². The molecule has 0 saturated carbocycles. The molecule has 0 spiro atoms. The second-order valence-electron chi connectivity index (χ2n) is 5.99. The third-order valence-corrected chi connectivity index (χ3v) is 7.94. The van der Waals surface area contributed by atoms with Crippen LogP contribution in [0.5, 0.6) is 0 Å². The van der Waals surface area contributed by atoms with E-state index in [0.29, 0.717) is 21.2 Å². The van der Waals surface area contributed by atoms with Gasteiger partial charge < -0.3 is 0 Å². The van der Waals surface area contributed by atoms with Gasteiger partial charge in [0.25, 0.3) is 0 Å². The molecule has 0 nitrogen and oxygen atoms in total. The van der Waals surface area contributed by atoms with Gasteiger partial charge >= 0.3 is 139 Å². The predicted molar refractivity (Wildman–Crippen MR) is 86.4 cm³/mol. The van der Waals surface area contributed by atoms with Gasteiger partial charge in [0.1, 0.15) is 0 Å². The number of hydrogen-bond acceptors (Lipinski definition) is 0. The number of benzene rings is 2. The molecule has 2 aromatic carbocycles. The molecule has 0 amide bonds. The fraction of sp³-hybridized carbons (Fsp3) is 0.400. The summed E-state index contributed by atoms with van der Waals surface area (Å²) in [6.07, 6.45) is 4.07. The molecule has 3 rings (SSSR count). The Bertz CT molecular complexity index is 505. The molecule has 1 aliphatic heterocycles. The van der Waals surface area contributed by atoms with Crippen molar-refractivity contribution < 1.29 is 21.2 Å². The minimum atomic E-state index is 0.282. The molecule has 1 saturated heterocycles. The van der Waals surface area contributed by atoms with E-state index in [-0.39, 0.29) is 5.41 Å². The predicted octanol–water partition coefficient (Wildman–Crippen LogP) is 1.88. The van der Waals surface area contributed by atoms with E-state index >= 15 is 0 Å². The Balaban J connectivity index is 2.14. The summed E-state index contributed by atoms with van der Waals surface area (Å²) in [4.78, 5) is 0. The Labute approximate surface area is 139 Å². The van der Waals surface area contributed by atoms with E-state index in [1.54, 1.807) is 11.1 Å². The van der Waals surface area contributed by atoms with E-state index in [2.05, 4.69) is 67.6 Å². The number of alkyl halides is 2. The molecule has 0 bridgehead atoms. The quantitative estimate of drug-likeness (QED) is 0.552. The van der Waals surface area contributed by atoms with Crippen LogP contribution >= 0.6 is 0 Å². The zero-order valence-corrected chi connectivity index (χ0v) is 14.9. The van der Waals surface area contributed by atoms with Crippen molar-refractivity contribution in [3.05, 3.63) is 71.8 Å². The van der Waals surface area contributed by atoms with Gasteiger partial charge in [0.2, 0.25) is 0 Å². The van der Waals surface area contributed by atoms with Crippen LogP contribution in [0.1, 0.15) is 37.3 Å². The maximum absolute atomic E-state index is 2.37. The molecular weight excluding hydrogens is 367 g/mol. The summed E-state index contributed by atoms with van der Waals surface area (Å²) in [7, 11) is 0. The third kappa shape index (κ3) is 2.90. The first kappa shape index (κ1) is 15.1. The van der Waals surface area contributed by atoms with Crippen molar-refractivity contribution in [1.29, 1.82) is 0 Å². The first-order valence-corrected chi connectivity index (χ1v) is 11.1. The minimum absolute atomic E-state index is 0.282. The number of hydrogen-bond donors (Lipinski definition) is 0. The van der Waals surface area contributed by atoms with Gasteiger partial charge in [0.05, 0.1) is 0 Å². The van der Waals surface area contributed by atoms with Gasteiger partial charge in [0, 0.05) is 0 Å². The van der Waals surface area contributed by atoms with Crippen LogP contribution in [0, 0.1) is 5.92 Å². The fourth-order valence-electron chi connectivity index (χ4n) is 3.78. The van der Waals surface area contributed by atoms with Crippen LogP contribution < -0.4 is 21.2 Å². The Kier molecular flexibility index (Phi) is 4.99. The Morgan fingerprint density at radius 2 is 1.52 bits per heavy atom. The Morgan fingerprint density at radius 3 is 2.05 bits per heavy atom. The van der Waals surface area contributed by atoms with E-state index in [0.717, 1.165) is 5.92 Å². The third-order valence-electron chi connectivity index (χ3n) is 4.81. The van der Waals surface area contributed by atoms with E-state index in [1.807, 2.05) is 0 Å². The van der Waals surface area contributed by atoms with Crippen LogP contribution in [0.15, 0.2) is 60.7 Å². The number of halogens is 1. The summed E-state index contributed by atoms with van der Waals surface area (Å²) in [5, 5.41) is 0. The normalized spacial score (nSPS) is 21.5. The van der Waals surface area contributed by atoms with E-state index < -0.39 is 0 Å². The zero-order chi connectivity index (χ0) is 14.5. The number of rotatable bonds is 4. The fourth-order valence-corrected chi connectivity index (χ4v) is 7.71. The monoisotopic (exact) mass is 391 g/mol. The van der Waals surface area contributed by atoms with Gasteiger partial charge in [0.15, 0.2) is 0 Å². The average molecular weight is 391 g/mol. The van der Waals surface area contributed by atoms with Crippen molar-refractivity contribution in [3.8, 4) is 0 Å². The molecule has 21 heavy (non-hydrogen) atoms. The molecule has 1 aliphatic rings. The van der Waals surface area contributed by atoms with E-state index in [1.165, 1.54) is 28.1 Å². The zero-order valence-electron chi connectivity index (χ0n) is 12.8. The molecule has 0 aliphatic carbocycles. The molecule has 2 aromatic rings. The van der Waals surface area contributed by atoms with Gasteiger partial charge in [-0.3, -0.25) is 0 Å². The van der Waals surface area contributed by atoms with Crippen molar-refractivity contribution >= 4 is 0 Å². The molecule has 0 radical (unpaired) electrons. The van der Waals surface area contributed by atoms with Crippen LogP contribution in [0.25, 0.3) is 0 Å². The van der Waals surface area contributed by atoms with Crippen molar-refractivity contribution in [1.82, 2.24) is 0 Å². The molecule has 1 unspecified atom stereocenters. The second kappa shape index (κ2) is 6.95. The van der Waals surface area contributed by atoms with Crippen LogP contribution in [0.2, 0.25) is 0 Å². The molecule has 1 heterocycles. The molecule has 0 aromatic heterocycles. The summed E-state index contributed by atoms with van der Waals surface area (Å²) in [6.45, 7) is 2.34. The average Bonchev–Trinajstić information content (AvgIpc) is 2.57. The summed E-state index contributed by atoms with van der Waals surface area (Å²) in [5.41, 5.74) is 3.38. The first-order chi connectivity index (χ1) is 10.4. The second-order valence-corrected chi connectivity index (χ2v) is 8.91. The van der Waals surface area contributed by atoms with Crippen LogP contribution in [0.3, 0.4) is 0 Å². The van der Waals surface area contributed by atoms with Gasteiger partial charge in [-0.05, 0) is 0 Å². The summed E-state index contributed by atoms with van der Waals surface area (Å²) in [5.74, 6) is 0.806. The molecule has 1 atom stereocenters. The first-order valence-electron chi connectivity index (χ1n) is 8.02. The van der Waals surface area contributed by atoms with Crippen molar-refractivity contribution in [2.45, 2.75) is 31.6 Å². The van der Waals surface area contributed by atoms with Crippen molar-refractivity contribution in [2.24, 2.45) is 5.92 Å². The van der Waals surface area contributed by atoms with Crippen molar-refractivity contribution in [2.75, 3.05) is 8.86 Å². The van der Waals surface area contributed by atoms with Crippen molar-refractivity contribution in [3.63, 3.8) is 0 Å². The summed E-state index contributed by atoms with van der Waals surface area (Å²) >= 11 is 0.335. The maximum atomic E-state index is 2.37. The molecule has 1 heteroatoms. The standard InChI is InChI=1S/C20H24I/c1-2-9-17-14-15-21-16-20(17,18-10-5-3-6-11-18)19-12-7-4-8-13-19/h3-8,10-13,17H,2,9,14-16H2,1H3/q-1. The van der Waals surface area contributed by atoms with Gasteiger partial charge in [-0.25, -0.2) is 0 Å². The topological polar surface area (TPSA) is 0 Å². The van der Waals surface area contributed by atoms with E-state index in [9.17, 15) is 0 Å². The SMILES string of the molecule is CCCC1CC[I-]CC1(c1ccccc1)c1ccccc1. The van der Waals surface area contributed by atoms with Gasteiger partial charge in [-0.2, -0.15) is 0 Å². The molecule has 0 N–H and O–H groups in total. The van der Waals surface area contributed by atoms with Crippen LogP contribution in [-0.2, 0) is 5.41 Å². The van der Waals surface area contributed by atoms with Gasteiger partial charge in [-0.1, -0.05) is 0 Å².